The van der Waals surface area contributed by atoms with E-state index in [1.165, 1.54) is 24.1 Å². The molecule has 0 spiro atoms. The van der Waals surface area contributed by atoms with Gasteiger partial charge in [0.25, 0.3) is 11.6 Å². The molecule has 1 N–H and O–H groups in total. The number of hydrogen-bond donors (Lipinski definition) is 1. The fraction of sp³-hybridized carbons (Fsp3) is 0.429. The number of amides is 2. The van der Waals surface area contributed by atoms with Crippen molar-refractivity contribution in [1.29, 1.82) is 0 Å². The molecule has 2 amide bonds. The molecule has 1 saturated heterocycles. The fourth-order valence-corrected chi connectivity index (χ4v) is 2.50. The molecule has 1 aromatic carbocycles. The van der Waals surface area contributed by atoms with Crippen LogP contribution in [0.25, 0.3) is 0 Å². The van der Waals surface area contributed by atoms with Crippen LogP contribution in [0.4, 0.5) is 5.69 Å². The summed E-state index contributed by atoms with van der Waals surface area (Å²) in [6.07, 6.45) is 0. The molecule has 0 saturated carbocycles. The number of hydrogen-bond acceptors (Lipinski definition) is 5. The minimum absolute atomic E-state index is 0. The van der Waals surface area contributed by atoms with Crippen LogP contribution in [0, 0.1) is 10.1 Å². The fourth-order valence-electron chi connectivity index (χ4n) is 2.33. The van der Waals surface area contributed by atoms with Gasteiger partial charge in [0.2, 0.25) is 5.91 Å². The third-order valence-electron chi connectivity index (χ3n) is 3.58. The highest BCUT2D eigenvalue weighted by Gasteiger charge is 2.26. The van der Waals surface area contributed by atoms with Gasteiger partial charge in [0.1, 0.15) is 5.56 Å². The number of rotatable bonds is 4. The minimum atomic E-state index is -0.662. The number of nitro groups is 1. The van der Waals surface area contributed by atoms with E-state index in [2.05, 4.69) is 5.32 Å². The molecule has 1 aliphatic heterocycles. The Labute approximate surface area is 150 Å². The second-order valence-electron chi connectivity index (χ2n) is 5.21. The molecule has 1 aromatic rings. The Morgan fingerprint density at radius 3 is 2.58 bits per heavy atom. The van der Waals surface area contributed by atoms with E-state index in [1.807, 2.05) is 0 Å². The van der Waals surface area contributed by atoms with Crippen molar-refractivity contribution in [3.63, 3.8) is 0 Å². The first kappa shape index (κ1) is 20.1. The van der Waals surface area contributed by atoms with Crippen LogP contribution in [-0.4, -0.2) is 66.3 Å². The Morgan fingerprint density at radius 2 is 2.00 bits per heavy atom. The predicted molar refractivity (Wildman–Crippen MR) is 91.8 cm³/mol. The lowest BCUT2D eigenvalue weighted by molar-refractivity contribution is -0.385. The van der Waals surface area contributed by atoms with Gasteiger partial charge in [-0.1, -0.05) is 11.6 Å². The van der Waals surface area contributed by atoms with Crippen LogP contribution in [-0.2, 0) is 4.79 Å². The second-order valence-corrected chi connectivity index (χ2v) is 5.65. The number of nitrogens with one attached hydrogen (secondary N) is 1. The van der Waals surface area contributed by atoms with Gasteiger partial charge in [-0.2, -0.15) is 0 Å². The second kappa shape index (κ2) is 8.81. The number of piperazine rings is 1. The number of carbonyl (C=O) groups is 2. The molecule has 0 bridgehead atoms. The Bertz CT molecular complexity index is 635. The molecule has 24 heavy (non-hydrogen) atoms. The summed E-state index contributed by atoms with van der Waals surface area (Å²) >= 11 is 5.73. The maximum absolute atomic E-state index is 12.4. The maximum atomic E-state index is 12.4. The van der Waals surface area contributed by atoms with Crippen molar-refractivity contribution in [1.82, 2.24) is 15.1 Å². The number of carbonyl (C=O) groups excluding carboxylic acids is 2. The topological polar surface area (TPSA) is 95.8 Å². The highest BCUT2D eigenvalue weighted by molar-refractivity contribution is 6.31. The van der Waals surface area contributed by atoms with Crippen molar-refractivity contribution >= 4 is 41.5 Å². The van der Waals surface area contributed by atoms with Gasteiger partial charge in [0.05, 0.1) is 11.5 Å². The summed E-state index contributed by atoms with van der Waals surface area (Å²) in [6, 6.07) is 3.84. The van der Waals surface area contributed by atoms with Gasteiger partial charge in [0.15, 0.2) is 0 Å². The Hall–Kier alpha value is -1.90. The summed E-state index contributed by atoms with van der Waals surface area (Å²) in [5.74, 6) is -0.768. The van der Waals surface area contributed by atoms with Crippen molar-refractivity contribution in [2.75, 3.05) is 39.8 Å². The lowest BCUT2D eigenvalue weighted by atomic mass is 10.1. The van der Waals surface area contributed by atoms with Gasteiger partial charge in [0, 0.05) is 44.3 Å². The molecule has 0 aromatic heterocycles. The SMILES string of the molecule is CN(CC(=O)N1CCNCC1)C(=O)c1ccc(Cl)cc1[N+](=O)[O-].Cl. The summed E-state index contributed by atoms with van der Waals surface area (Å²) in [4.78, 5) is 37.8. The molecular weight excluding hydrogens is 359 g/mol. The molecule has 1 aliphatic rings. The Kier molecular flexibility index (Phi) is 7.40. The van der Waals surface area contributed by atoms with Gasteiger partial charge in [-0.25, -0.2) is 0 Å². The number of nitrogens with zero attached hydrogens (tertiary/aromatic N) is 3. The highest BCUT2D eigenvalue weighted by atomic mass is 35.5. The van der Waals surface area contributed by atoms with Gasteiger partial charge in [-0.3, -0.25) is 19.7 Å². The molecule has 0 aliphatic carbocycles. The van der Waals surface area contributed by atoms with E-state index in [-0.39, 0.29) is 41.1 Å². The van der Waals surface area contributed by atoms with Crippen LogP contribution < -0.4 is 5.32 Å². The third kappa shape index (κ3) is 4.80. The van der Waals surface area contributed by atoms with E-state index >= 15 is 0 Å². The third-order valence-corrected chi connectivity index (χ3v) is 3.81. The highest BCUT2D eigenvalue weighted by Crippen LogP contribution is 2.24. The minimum Gasteiger partial charge on any atom is -0.339 e. The van der Waals surface area contributed by atoms with E-state index in [0.29, 0.717) is 26.2 Å². The summed E-state index contributed by atoms with van der Waals surface area (Å²) in [5, 5.41) is 14.4. The molecule has 0 atom stereocenters. The summed E-state index contributed by atoms with van der Waals surface area (Å²) in [7, 11) is 1.45. The largest absolute Gasteiger partial charge is 0.339 e. The van der Waals surface area contributed by atoms with Crippen LogP contribution in [0.1, 0.15) is 10.4 Å². The van der Waals surface area contributed by atoms with Crippen molar-refractivity contribution in [3.05, 3.63) is 38.9 Å². The smallest absolute Gasteiger partial charge is 0.283 e. The van der Waals surface area contributed by atoms with Crippen molar-refractivity contribution < 1.29 is 14.5 Å². The molecule has 2 rings (SSSR count). The zero-order valence-corrected chi connectivity index (χ0v) is 14.6. The zero-order chi connectivity index (χ0) is 17.0. The van der Waals surface area contributed by atoms with Crippen LogP contribution in [0.2, 0.25) is 5.02 Å². The molecule has 1 heterocycles. The van der Waals surface area contributed by atoms with E-state index in [4.69, 9.17) is 11.6 Å². The van der Waals surface area contributed by atoms with Crippen molar-refractivity contribution in [2.24, 2.45) is 0 Å². The number of likely N-dealkylation sites (N-methyl/N-ethyl adjacent to an activating group) is 1. The van der Waals surface area contributed by atoms with Gasteiger partial charge < -0.3 is 15.1 Å². The molecular formula is C14H18Cl2N4O4. The normalized spacial score (nSPS) is 13.8. The Balaban J connectivity index is 0.00000288. The first-order chi connectivity index (χ1) is 10.9. The molecule has 0 unspecified atom stereocenters. The standard InChI is InChI=1S/C14H17ClN4O4.ClH/c1-17(9-13(20)18-6-4-16-5-7-18)14(21)11-3-2-10(15)8-12(11)19(22)23;/h2-3,8,16H,4-7,9H2,1H3;1H. The average Bonchev–Trinajstić information content (AvgIpc) is 2.54. The van der Waals surface area contributed by atoms with Crippen LogP contribution in [0.3, 0.4) is 0 Å². The summed E-state index contributed by atoms with van der Waals surface area (Å²) < 4.78 is 0. The Morgan fingerprint density at radius 1 is 1.38 bits per heavy atom. The number of halogens is 2. The van der Waals surface area contributed by atoms with Crippen LogP contribution in [0.5, 0.6) is 0 Å². The van der Waals surface area contributed by atoms with Crippen LogP contribution >= 0.6 is 24.0 Å². The van der Waals surface area contributed by atoms with Crippen molar-refractivity contribution in [3.8, 4) is 0 Å². The van der Waals surface area contributed by atoms with Crippen molar-refractivity contribution in [2.45, 2.75) is 0 Å². The quantitative estimate of drug-likeness (QED) is 0.628. The molecule has 0 radical (unpaired) electrons. The predicted octanol–water partition coefficient (Wildman–Crippen LogP) is 1.17. The van der Waals surface area contributed by atoms with E-state index in [1.54, 1.807) is 4.90 Å². The molecule has 8 nitrogen and oxygen atoms in total. The van der Waals surface area contributed by atoms with Gasteiger partial charge >= 0.3 is 0 Å². The summed E-state index contributed by atoms with van der Waals surface area (Å²) in [6.45, 7) is 2.47. The number of benzene rings is 1. The van der Waals surface area contributed by atoms with Gasteiger partial charge in [-0.05, 0) is 12.1 Å². The van der Waals surface area contributed by atoms with E-state index < -0.39 is 10.8 Å². The number of nitro benzene ring substituents is 1. The maximum Gasteiger partial charge on any atom is 0.283 e. The first-order valence-electron chi connectivity index (χ1n) is 7.08. The lowest BCUT2D eigenvalue weighted by Gasteiger charge is -2.29. The van der Waals surface area contributed by atoms with Gasteiger partial charge in [-0.15, -0.1) is 12.4 Å². The lowest BCUT2D eigenvalue weighted by Crippen LogP contribution is -2.49. The monoisotopic (exact) mass is 376 g/mol. The summed E-state index contributed by atoms with van der Waals surface area (Å²) in [5.41, 5.74) is -0.459. The molecule has 10 heteroatoms. The zero-order valence-electron chi connectivity index (χ0n) is 13.0. The average molecular weight is 377 g/mol. The van der Waals surface area contributed by atoms with E-state index in [9.17, 15) is 19.7 Å². The molecule has 132 valence electrons. The first-order valence-corrected chi connectivity index (χ1v) is 7.46. The molecule has 1 fully saturated rings. The van der Waals surface area contributed by atoms with Crippen LogP contribution in [0.15, 0.2) is 18.2 Å². The van der Waals surface area contributed by atoms with E-state index in [0.717, 1.165) is 6.07 Å².